The molecule has 0 fully saturated rings. The Balaban J connectivity index is 2.88. The van der Waals surface area contributed by atoms with Gasteiger partial charge in [-0.15, -0.1) is 0 Å². The average Bonchev–Trinajstić information content (AvgIpc) is 1.89. The van der Waals surface area contributed by atoms with Gasteiger partial charge in [-0.05, 0) is 25.3 Å². The molecule has 0 aliphatic carbocycles. The Bertz CT molecular complexity index is 56.3. The number of nitrogens with one attached hydrogen (secondary N) is 1. The van der Waals surface area contributed by atoms with E-state index in [2.05, 4.69) is 12.3 Å². The second-order valence-electron chi connectivity index (χ2n) is 2.44. The minimum absolute atomic E-state index is 0.637. The third-order valence-electron chi connectivity index (χ3n) is 1.42. The van der Waals surface area contributed by atoms with E-state index in [0.717, 1.165) is 19.5 Å². The lowest BCUT2D eigenvalue weighted by molar-refractivity contribution is 0.505. The number of nitrogens with two attached hydrogens (primary N) is 2. The van der Waals surface area contributed by atoms with Crippen molar-refractivity contribution in [3.05, 3.63) is 0 Å². The summed E-state index contributed by atoms with van der Waals surface area (Å²) in [5.41, 5.74) is 8.01. The lowest BCUT2D eigenvalue weighted by atomic mass is 10.1. The van der Waals surface area contributed by atoms with Crippen LogP contribution in [0.5, 0.6) is 0 Å². The first-order chi connectivity index (χ1) is 4.31. The maximum atomic E-state index is 5.40. The fraction of sp³-hybridized carbons (Fsp3) is 1.00. The Morgan fingerprint density at radius 1 is 1.56 bits per heavy atom. The molecule has 0 radical (unpaired) electrons. The third kappa shape index (κ3) is 5.76. The van der Waals surface area contributed by atoms with Crippen LogP contribution in [0.15, 0.2) is 0 Å². The van der Waals surface area contributed by atoms with Crippen LogP contribution in [0.4, 0.5) is 0 Å². The first kappa shape index (κ1) is 8.88. The second-order valence-corrected chi connectivity index (χ2v) is 2.44. The summed E-state index contributed by atoms with van der Waals surface area (Å²) in [5.74, 6) is 5.71. The van der Waals surface area contributed by atoms with Gasteiger partial charge >= 0.3 is 0 Å². The predicted octanol–water partition coefficient (Wildman–Crippen LogP) is -0.175. The Hall–Kier alpha value is -0.120. The van der Waals surface area contributed by atoms with Crippen molar-refractivity contribution >= 4 is 0 Å². The van der Waals surface area contributed by atoms with E-state index in [-0.39, 0.29) is 0 Å². The summed E-state index contributed by atoms with van der Waals surface area (Å²) >= 11 is 0. The van der Waals surface area contributed by atoms with Gasteiger partial charge in [0.2, 0.25) is 0 Å². The highest BCUT2D eigenvalue weighted by Crippen LogP contribution is 2.00. The molecule has 1 atom stereocenters. The summed E-state index contributed by atoms with van der Waals surface area (Å²) in [6.07, 6.45) is 2.29. The molecule has 0 aliphatic heterocycles. The SMILES string of the molecule is CC(CN)CCCNN. The molecule has 0 aromatic carbocycles. The Morgan fingerprint density at radius 3 is 2.67 bits per heavy atom. The molecule has 3 nitrogen and oxygen atoms in total. The molecule has 0 aromatic rings. The maximum absolute atomic E-state index is 5.40. The van der Waals surface area contributed by atoms with Crippen LogP contribution in [-0.2, 0) is 0 Å². The van der Waals surface area contributed by atoms with Crippen LogP contribution in [0.25, 0.3) is 0 Å². The van der Waals surface area contributed by atoms with E-state index in [4.69, 9.17) is 11.6 Å². The van der Waals surface area contributed by atoms with Gasteiger partial charge in [-0.25, -0.2) is 0 Å². The Morgan fingerprint density at radius 2 is 2.22 bits per heavy atom. The van der Waals surface area contributed by atoms with Crippen molar-refractivity contribution < 1.29 is 0 Å². The smallest absolute Gasteiger partial charge is 0.00975 e. The van der Waals surface area contributed by atoms with Crippen molar-refractivity contribution in [1.82, 2.24) is 5.43 Å². The van der Waals surface area contributed by atoms with Crippen molar-refractivity contribution in [1.29, 1.82) is 0 Å². The average molecular weight is 131 g/mol. The summed E-state index contributed by atoms with van der Waals surface area (Å²) in [4.78, 5) is 0. The molecule has 0 saturated carbocycles. The monoisotopic (exact) mass is 131 g/mol. The van der Waals surface area contributed by atoms with Crippen LogP contribution in [-0.4, -0.2) is 13.1 Å². The van der Waals surface area contributed by atoms with Crippen LogP contribution in [0, 0.1) is 5.92 Å². The molecule has 5 N–H and O–H groups in total. The van der Waals surface area contributed by atoms with E-state index in [1.807, 2.05) is 0 Å². The summed E-state index contributed by atoms with van der Waals surface area (Å²) in [6.45, 7) is 3.82. The van der Waals surface area contributed by atoms with Crippen molar-refractivity contribution in [3.8, 4) is 0 Å². The highest BCUT2D eigenvalue weighted by molar-refractivity contribution is 4.53. The maximum Gasteiger partial charge on any atom is 0.00975 e. The molecule has 3 heteroatoms. The summed E-state index contributed by atoms with van der Waals surface area (Å²) in [5, 5.41) is 0. The molecular weight excluding hydrogens is 114 g/mol. The largest absolute Gasteiger partial charge is 0.330 e. The van der Waals surface area contributed by atoms with Crippen LogP contribution in [0.3, 0.4) is 0 Å². The zero-order valence-corrected chi connectivity index (χ0v) is 6.06. The van der Waals surface area contributed by atoms with Crippen molar-refractivity contribution in [2.75, 3.05) is 13.1 Å². The molecular formula is C6H17N3. The molecule has 0 rings (SSSR count). The van der Waals surface area contributed by atoms with E-state index < -0.39 is 0 Å². The van der Waals surface area contributed by atoms with Crippen LogP contribution in [0.1, 0.15) is 19.8 Å². The fourth-order valence-electron chi connectivity index (χ4n) is 0.670. The lowest BCUT2D eigenvalue weighted by Crippen LogP contribution is -2.23. The molecule has 0 heterocycles. The molecule has 0 aromatic heterocycles. The highest BCUT2D eigenvalue weighted by Gasteiger charge is 1.96. The van der Waals surface area contributed by atoms with Crippen molar-refractivity contribution in [2.24, 2.45) is 17.5 Å². The van der Waals surface area contributed by atoms with Gasteiger partial charge in [0, 0.05) is 6.54 Å². The molecule has 0 spiro atoms. The quantitative estimate of drug-likeness (QED) is 0.275. The molecule has 56 valence electrons. The Kier molecular flexibility index (Phi) is 5.93. The van der Waals surface area contributed by atoms with E-state index in [1.54, 1.807) is 0 Å². The lowest BCUT2D eigenvalue weighted by Gasteiger charge is -2.05. The summed E-state index contributed by atoms with van der Waals surface area (Å²) in [6, 6.07) is 0. The van der Waals surface area contributed by atoms with Gasteiger partial charge in [0.1, 0.15) is 0 Å². The molecule has 1 unspecified atom stereocenters. The predicted molar refractivity (Wildman–Crippen MR) is 39.6 cm³/mol. The molecule has 0 aliphatic rings. The second kappa shape index (κ2) is 6.01. The van der Waals surface area contributed by atoms with Crippen LogP contribution < -0.4 is 17.0 Å². The zero-order chi connectivity index (χ0) is 7.11. The topological polar surface area (TPSA) is 64.1 Å². The standard InChI is InChI=1S/C6H17N3/c1-6(5-7)3-2-4-9-8/h6,9H,2-5,7-8H2,1H3. The molecule has 0 saturated heterocycles. The highest BCUT2D eigenvalue weighted by atomic mass is 15.2. The minimum atomic E-state index is 0.637. The summed E-state index contributed by atoms with van der Waals surface area (Å²) in [7, 11) is 0. The van der Waals surface area contributed by atoms with Gasteiger partial charge < -0.3 is 5.73 Å². The van der Waals surface area contributed by atoms with Gasteiger partial charge in [-0.2, -0.15) is 0 Å². The fourth-order valence-corrected chi connectivity index (χ4v) is 0.670. The van der Waals surface area contributed by atoms with E-state index in [9.17, 15) is 0 Å². The van der Waals surface area contributed by atoms with Crippen LogP contribution >= 0.6 is 0 Å². The zero-order valence-electron chi connectivity index (χ0n) is 6.06. The molecule has 9 heavy (non-hydrogen) atoms. The minimum Gasteiger partial charge on any atom is -0.330 e. The molecule has 0 amide bonds. The number of hydrazine groups is 1. The third-order valence-corrected chi connectivity index (χ3v) is 1.42. The van der Waals surface area contributed by atoms with Crippen molar-refractivity contribution in [2.45, 2.75) is 19.8 Å². The van der Waals surface area contributed by atoms with Gasteiger partial charge in [0.15, 0.2) is 0 Å². The van der Waals surface area contributed by atoms with Gasteiger partial charge in [-0.1, -0.05) is 6.92 Å². The van der Waals surface area contributed by atoms with Gasteiger partial charge in [0.05, 0.1) is 0 Å². The van der Waals surface area contributed by atoms with Crippen LogP contribution in [0.2, 0.25) is 0 Å². The van der Waals surface area contributed by atoms with E-state index >= 15 is 0 Å². The van der Waals surface area contributed by atoms with Crippen molar-refractivity contribution in [3.63, 3.8) is 0 Å². The number of hydrogen-bond donors (Lipinski definition) is 3. The Labute approximate surface area is 56.8 Å². The molecule has 0 bridgehead atoms. The van der Waals surface area contributed by atoms with E-state index in [1.165, 1.54) is 6.42 Å². The van der Waals surface area contributed by atoms with Gasteiger partial charge in [0.25, 0.3) is 0 Å². The number of rotatable bonds is 5. The van der Waals surface area contributed by atoms with E-state index in [0.29, 0.717) is 5.92 Å². The first-order valence-corrected chi connectivity index (χ1v) is 3.44. The number of hydrogen-bond acceptors (Lipinski definition) is 3. The summed E-state index contributed by atoms with van der Waals surface area (Å²) < 4.78 is 0. The normalized spacial score (nSPS) is 13.7. The first-order valence-electron chi connectivity index (χ1n) is 3.44. The van der Waals surface area contributed by atoms with Gasteiger partial charge in [-0.3, -0.25) is 11.3 Å².